The molecule has 0 fully saturated rings. The molecule has 3 aromatic rings. The summed E-state index contributed by atoms with van der Waals surface area (Å²) >= 11 is 6.01. The number of nitrogens with one attached hydrogen (secondary N) is 2. The molecule has 1 unspecified atom stereocenters. The topological polar surface area (TPSA) is 125 Å². The molecule has 0 saturated heterocycles. The second-order valence-electron chi connectivity index (χ2n) is 7.16. The van der Waals surface area contributed by atoms with Crippen molar-refractivity contribution < 1.29 is 18.3 Å². The van der Waals surface area contributed by atoms with Crippen LogP contribution in [0.15, 0.2) is 56.9 Å². The Morgan fingerprint density at radius 1 is 1.06 bits per heavy atom. The van der Waals surface area contributed by atoms with Gasteiger partial charge in [-0.15, -0.1) is 0 Å². The van der Waals surface area contributed by atoms with Gasteiger partial charge in [0.25, 0.3) is 10.9 Å². The number of phenols is 1. The molecule has 0 heterocycles. The zero-order valence-corrected chi connectivity index (χ0v) is 19.1. The van der Waals surface area contributed by atoms with Crippen LogP contribution in [0, 0.1) is 0 Å². The zero-order valence-electron chi connectivity index (χ0n) is 17.5. The Kier molecular flexibility index (Phi) is 6.89. The molecule has 3 rings (SSSR count). The Morgan fingerprint density at radius 3 is 2.28 bits per heavy atom. The number of hydrogen-bond donors (Lipinski definition) is 3. The molecular formula is C21H22ClN3O6S. The molecule has 11 heteroatoms. The van der Waals surface area contributed by atoms with E-state index in [4.69, 9.17) is 16.3 Å². The number of methoxy groups -OCH3 is 1. The van der Waals surface area contributed by atoms with Crippen molar-refractivity contribution in [3.05, 3.63) is 73.5 Å². The minimum Gasteiger partial charge on any atom is -0.504 e. The number of nitrogens with zero attached hydrogens (tertiary/aromatic N) is 1. The van der Waals surface area contributed by atoms with Crippen molar-refractivity contribution in [2.24, 2.45) is 0 Å². The van der Waals surface area contributed by atoms with Gasteiger partial charge in [0, 0.05) is 21.2 Å². The lowest BCUT2D eigenvalue weighted by atomic mass is 10.1. The highest BCUT2D eigenvalue weighted by atomic mass is 35.5. The highest BCUT2D eigenvalue weighted by Gasteiger charge is 2.29. The number of benzene rings is 2. The summed E-state index contributed by atoms with van der Waals surface area (Å²) in [5.41, 5.74) is -0.887. The monoisotopic (exact) mass is 479 g/mol. The number of aromatic hydroxyl groups is 1. The molecule has 0 aliphatic carbocycles. The van der Waals surface area contributed by atoms with Crippen LogP contribution in [0.25, 0.3) is 0 Å². The Morgan fingerprint density at radius 2 is 1.69 bits per heavy atom. The van der Waals surface area contributed by atoms with Crippen LogP contribution in [0.4, 0.5) is 17.1 Å². The molecule has 9 nitrogen and oxygen atoms in total. The second kappa shape index (κ2) is 9.29. The molecule has 0 spiro atoms. The molecule has 1 atom stereocenters. The Labute approximate surface area is 190 Å². The smallest absolute Gasteiger partial charge is 0.253 e. The Hall–Kier alpha value is -2.92. The predicted octanol–water partition coefficient (Wildman–Crippen LogP) is 2.44. The summed E-state index contributed by atoms with van der Waals surface area (Å²) in [6.45, 7) is 0.222. The largest absolute Gasteiger partial charge is 0.504 e. The van der Waals surface area contributed by atoms with Gasteiger partial charge in [0.15, 0.2) is 5.75 Å². The van der Waals surface area contributed by atoms with Gasteiger partial charge in [0.1, 0.15) is 16.3 Å². The van der Waals surface area contributed by atoms with Crippen LogP contribution in [-0.4, -0.2) is 45.6 Å². The van der Waals surface area contributed by atoms with E-state index in [1.807, 2.05) is 30.3 Å². The average molecular weight is 480 g/mol. The van der Waals surface area contributed by atoms with E-state index in [1.165, 1.54) is 33.3 Å². The molecule has 0 radical (unpaired) electrons. The van der Waals surface area contributed by atoms with Crippen LogP contribution < -0.4 is 21.5 Å². The first kappa shape index (κ1) is 23.7. The maximum absolute atomic E-state index is 12.5. The van der Waals surface area contributed by atoms with Crippen LogP contribution >= 0.6 is 11.6 Å². The number of rotatable bonds is 9. The third kappa shape index (κ3) is 4.35. The van der Waals surface area contributed by atoms with Gasteiger partial charge in [-0.2, -0.15) is 0 Å². The Balaban J connectivity index is 1.98. The normalized spacial score (nSPS) is 12.8. The van der Waals surface area contributed by atoms with E-state index < -0.39 is 37.6 Å². The molecule has 0 bridgehead atoms. The van der Waals surface area contributed by atoms with Gasteiger partial charge >= 0.3 is 0 Å². The van der Waals surface area contributed by atoms with E-state index in [-0.39, 0.29) is 28.7 Å². The summed E-state index contributed by atoms with van der Waals surface area (Å²) in [5, 5.41) is 16.1. The fourth-order valence-electron chi connectivity index (χ4n) is 3.11. The van der Waals surface area contributed by atoms with Gasteiger partial charge in [0.05, 0.1) is 23.4 Å². The van der Waals surface area contributed by atoms with Crippen molar-refractivity contribution in [2.45, 2.75) is 10.9 Å². The lowest BCUT2D eigenvalue weighted by molar-refractivity contribution is 0.186. The van der Waals surface area contributed by atoms with Gasteiger partial charge in [-0.3, -0.25) is 9.59 Å². The summed E-state index contributed by atoms with van der Waals surface area (Å²) in [5.74, 6) is -0.665. The molecule has 3 N–H and O–H groups in total. The van der Waals surface area contributed by atoms with Crippen molar-refractivity contribution >= 4 is 38.7 Å². The number of hydrogen-bond acceptors (Lipinski definition) is 8. The molecule has 0 aliphatic rings. The third-order valence-corrected chi connectivity index (χ3v) is 7.16. The van der Waals surface area contributed by atoms with Gasteiger partial charge in [-0.05, 0) is 17.7 Å². The van der Waals surface area contributed by atoms with Crippen molar-refractivity contribution in [2.75, 3.05) is 38.4 Å². The van der Waals surface area contributed by atoms with Crippen molar-refractivity contribution in [3.63, 3.8) is 0 Å². The highest BCUT2D eigenvalue weighted by Crippen LogP contribution is 2.39. The fraction of sp³-hybridized carbons (Fsp3) is 0.238. The summed E-state index contributed by atoms with van der Waals surface area (Å²) in [6, 6.07) is 11.4. The summed E-state index contributed by atoms with van der Waals surface area (Å²) in [6.07, 6.45) is 0. The number of ether oxygens (including phenoxy) is 1. The molecular weight excluding hydrogens is 458 g/mol. The molecule has 0 saturated carbocycles. The molecule has 0 amide bonds. The van der Waals surface area contributed by atoms with E-state index in [2.05, 4.69) is 10.6 Å². The number of halogens is 1. The maximum Gasteiger partial charge on any atom is 0.253 e. The lowest BCUT2D eigenvalue weighted by Crippen LogP contribution is -2.38. The first-order valence-corrected chi connectivity index (χ1v) is 11.3. The predicted molar refractivity (Wildman–Crippen MR) is 123 cm³/mol. The van der Waals surface area contributed by atoms with Crippen LogP contribution in [0.5, 0.6) is 5.75 Å². The number of phenolic OH excluding ortho intramolecular Hbond substituents is 1. The third-order valence-electron chi connectivity index (χ3n) is 4.85. The van der Waals surface area contributed by atoms with Crippen molar-refractivity contribution in [3.8, 4) is 5.75 Å². The van der Waals surface area contributed by atoms with Crippen LogP contribution in [-0.2, 0) is 14.8 Å². The first-order valence-electron chi connectivity index (χ1n) is 9.44. The summed E-state index contributed by atoms with van der Waals surface area (Å²) in [4.78, 5) is 24.0. The van der Waals surface area contributed by atoms with E-state index in [0.29, 0.717) is 0 Å². The maximum atomic E-state index is 12.5. The second-order valence-corrected chi connectivity index (χ2v) is 9.65. The van der Waals surface area contributed by atoms with Gasteiger partial charge in [-0.1, -0.05) is 41.9 Å². The molecule has 3 aromatic carbocycles. The standard InChI is InChI=1S/C21H22ClN3O6S/c1-25(2)32(29,30)21-13(22)9-10-14(18(21)26)23-16-17(20(28)19(16)27)24-15(11-31-3)12-7-5-4-6-8-12/h4-10,15,23-24,26H,11H2,1-3H3. The van der Waals surface area contributed by atoms with Gasteiger partial charge in [0.2, 0.25) is 10.0 Å². The molecule has 0 aliphatic heterocycles. The van der Waals surface area contributed by atoms with E-state index in [1.54, 1.807) is 0 Å². The van der Waals surface area contributed by atoms with Crippen molar-refractivity contribution in [1.82, 2.24) is 4.31 Å². The quantitative estimate of drug-likeness (QED) is 0.315. The minimum absolute atomic E-state index is 0.00673. The molecule has 170 valence electrons. The number of anilines is 3. The SMILES string of the molecule is COCC(Nc1c(Nc2ccc(Cl)c(S(=O)(=O)N(C)C)c2O)c(=O)c1=O)c1ccccc1. The van der Waals surface area contributed by atoms with Gasteiger partial charge in [-0.25, -0.2) is 12.7 Å². The van der Waals surface area contributed by atoms with Crippen molar-refractivity contribution in [1.29, 1.82) is 0 Å². The fourth-order valence-corrected chi connectivity index (χ4v) is 4.59. The van der Waals surface area contributed by atoms with Crippen LogP contribution in [0.2, 0.25) is 5.02 Å². The highest BCUT2D eigenvalue weighted by molar-refractivity contribution is 7.89. The minimum atomic E-state index is -4.07. The van der Waals surface area contributed by atoms with Crippen LogP contribution in [0.1, 0.15) is 11.6 Å². The lowest BCUT2D eigenvalue weighted by Gasteiger charge is -2.23. The Bertz CT molecular complexity index is 1300. The number of sulfonamides is 1. The zero-order chi connectivity index (χ0) is 23.6. The van der Waals surface area contributed by atoms with Crippen LogP contribution in [0.3, 0.4) is 0 Å². The first-order chi connectivity index (χ1) is 15.1. The molecule has 0 aromatic heterocycles. The van der Waals surface area contributed by atoms with Gasteiger partial charge < -0.3 is 20.5 Å². The van der Waals surface area contributed by atoms with E-state index in [0.717, 1.165) is 9.87 Å². The molecule has 32 heavy (non-hydrogen) atoms. The van der Waals surface area contributed by atoms with E-state index >= 15 is 0 Å². The average Bonchev–Trinajstić information content (AvgIpc) is 2.76. The summed E-state index contributed by atoms with van der Waals surface area (Å²) in [7, 11) is 0.0272. The summed E-state index contributed by atoms with van der Waals surface area (Å²) < 4.78 is 31.2. The van der Waals surface area contributed by atoms with E-state index in [9.17, 15) is 23.1 Å².